The van der Waals surface area contributed by atoms with Gasteiger partial charge in [0.25, 0.3) is 5.91 Å². The van der Waals surface area contributed by atoms with Crippen LogP contribution in [0.3, 0.4) is 0 Å². The maximum atomic E-state index is 14.0. The number of aryl methyl sites for hydroxylation is 1. The number of nitrogens with one attached hydrogen (secondary N) is 1. The van der Waals surface area contributed by atoms with Crippen molar-refractivity contribution in [1.82, 2.24) is 0 Å². The quantitative estimate of drug-likeness (QED) is 0.377. The Balaban J connectivity index is 1.58. The van der Waals surface area contributed by atoms with Crippen LogP contribution in [0, 0.1) is 6.92 Å². The van der Waals surface area contributed by atoms with Crippen molar-refractivity contribution in [1.29, 1.82) is 0 Å². The average Bonchev–Trinajstić information content (AvgIpc) is 3.33. The molecule has 1 aliphatic heterocycles. The number of hydrogen-bond acceptors (Lipinski definition) is 6. The third-order valence-corrected chi connectivity index (χ3v) is 7.89. The van der Waals surface area contributed by atoms with Gasteiger partial charge in [-0.2, -0.15) is 0 Å². The molecule has 2 fully saturated rings. The topological polar surface area (TPSA) is 90.9 Å². The summed E-state index contributed by atoms with van der Waals surface area (Å²) in [5.41, 5.74) is 1.60. The Morgan fingerprint density at radius 3 is 2.30 bits per heavy atom. The number of amides is 1. The lowest BCUT2D eigenvalue weighted by atomic mass is 9.72. The summed E-state index contributed by atoms with van der Waals surface area (Å²) < 4.78 is 16.6. The maximum Gasteiger partial charge on any atom is 0.362 e. The molecule has 2 aromatic carbocycles. The molecule has 1 aliphatic carbocycles. The summed E-state index contributed by atoms with van der Waals surface area (Å²) in [5, 5.41) is 3.08. The molecule has 198 valence electrons. The molecule has 0 unspecified atom stereocenters. The molecule has 1 saturated carbocycles. The van der Waals surface area contributed by atoms with Crippen LogP contribution in [0.15, 0.2) is 42.5 Å². The minimum absolute atomic E-state index is 0.157. The minimum Gasteiger partial charge on any atom is -0.497 e. The SMILES string of the molecule is CCOC(=O)c1cc(OC)cc(C)c1NC(=O)C1([N+]2(CC(=O)OCc3ccccc3)CCCC2)CCC1. The molecule has 1 N–H and O–H groups in total. The first-order valence-electron chi connectivity index (χ1n) is 13.1. The van der Waals surface area contributed by atoms with Crippen LogP contribution < -0.4 is 10.1 Å². The van der Waals surface area contributed by atoms with Crippen molar-refractivity contribution >= 4 is 23.5 Å². The standard InChI is InChI=1S/C29H36N2O6/c1-4-36-27(33)24-18-23(35-3)17-21(2)26(24)30-28(34)29(13-10-14-29)31(15-8-9-16-31)19-25(32)37-20-22-11-6-5-7-12-22/h5-7,11-12,17-18H,4,8-10,13-16,19-20H2,1-3H3/p+1. The van der Waals surface area contributed by atoms with Crippen molar-refractivity contribution < 1.29 is 33.1 Å². The van der Waals surface area contributed by atoms with Gasteiger partial charge in [-0.05, 0) is 43.5 Å². The van der Waals surface area contributed by atoms with Gasteiger partial charge in [0.05, 0.1) is 38.1 Å². The number of esters is 2. The van der Waals surface area contributed by atoms with E-state index in [9.17, 15) is 14.4 Å². The highest BCUT2D eigenvalue weighted by Crippen LogP contribution is 2.47. The van der Waals surface area contributed by atoms with Crippen LogP contribution in [0.2, 0.25) is 0 Å². The van der Waals surface area contributed by atoms with E-state index in [0.29, 0.717) is 34.3 Å². The van der Waals surface area contributed by atoms with Gasteiger partial charge in [-0.1, -0.05) is 30.3 Å². The number of carbonyl (C=O) groups is 3. The molecular weight excluding hydrogens is 472 g/mol. The summed E-state index contributed by atoms with van der Waals surface area (Å²) in [6.45, 7) is 5.66. The third kappa shape index (κ3) is 5.34. The number of ether oxygens (including phenoxy) is 3. The van der Waals surface area contributed by atoms with E-state index < -0.39 is 11.5 Å². The molecule has 4 rings (SSSR count). The van der Waals surface area contributed by atoms with Gasteiger partial charge in [0.1, 0.15) is 12.4 Å². The molecule has 1 saturated heterocycles. The molecule has 0 atom stereocenters. The molecule has 0 aromatic heterocycles. The van der Waals surface area contributed by atoms with E-state index in [1.807, 2.05) is 37.3 Å². The lowest BCUT2D eigenvalue weighted by Gasteiger charge is -2.54. The summed E-state index contributed by atoms with van der Waals surface area (Å²) in [5.74, 6) is -0.453. The van der Waals surface area contributed by atoms with E-state index in [1.165, 1.54) is 7.11 Å². The molecule has 0 spiro atoms. The summed E-state index contributed by atoms with van der Waals surface area (Å²) in [6, 6.07) is 13.0. The van der Waals surface area contributed by atoms with Crippen molar-refractivity contribution in [3.8, 4) is 5.75 Å². The second-order valence-electron chi connectivity index (χ2n) is 10.0. The first-order chi connectivity index (χ1) is 17.8. The number of likely N-dealkylation sites (tertiary alicyclic amines) is 1. The summed E-state index contributed by atoms with van der Waals surface area (Å²) in [6.07, 6.45) is 4.20. The number of hydrogen-bond donors (Lipinski definition) is 1. The van der Waals surface area contributed by atoms with Crippen molar-refractivity contribution in [3.63, 3.8) is 0 Å². The minimum atomic E-state index is -0.736. The van der Waals surface area contributed by atoms with Gasteiger partial charge in [-0.15, -0.1) is 0 Å². The number of rotatable bonds is 10. The van der Waals surface area contributed by atoms with Gasteiger partial charge in [0, 0.05) is 25.7 Å². The first kappa shape index (κ1) is 26.7. The number of methoxy groups -OCH3 is 1. The van der Waals surface area contributed by atoms with Crippen molar-refractivity contribution in [3.05, 3.63) is 59.2 Å². The Hall–Kier alpha value is -3.39. The monoisotopic (exact) mass is 509 g/mol. The highest BCUT2D eigenvalue weighted by atomic mass is 16.5. The van der Waals surface area contributed by atoms with Gasteiger partial charge >= 0.3 is 11.9 Å². The smallest absolute Gasteiger partial charge is 0.362 e. The summed E-state index contributed by atoms with van der Waals surface area (Å²) >= 11 is 0. The fourth-order valence-electron chi connectivity index (χ4n) is 5.78. The van der Waals surface area contributed by atoms with E-state index in [0.717, 1.165) is 37.9 Å². The third-order valence-electron chi connectivity index (χ3n) is 7.89. The molecule has 1 amide bonds. The lowest BCUT2D eigenvalue weighted by molar-refractivity contribution is -0.955. The highest BCUT2D eigenvalue weighted by Gasteiger charge is 2.62. The Kier molecular flexibility index (Phi) is 8.17. The molecular formula is C29H37N2O6+. The van der Waals surface area contributed by atoms with Crippen LogP contribution in [0.1, 0.15) is 60.5 Å². The molecule has 37 heavy (non-hydrogen) atoms. The second kappa shape index (κ2) is 11.3. The van der Waals surface area contributed by atoms with Crippen LogP contribution in [-0.2, 0) is 25.7 Å². The van der Waals surface area contributed by atoms with Crippen LogP contribution in [0.25, 0.3) is 0 Å². The van der Waals surface area contributed by atoms with Crippen molar-refractivity contribution in [2.24, 2.45) is 0 Å². The number of nitrogens with zero attached hydrogens (tertiary/aromatic N) is 1. The molecule has 2 aromatic rings. The molecule has 2 aliphatic rings. The number of benzene rings is 2. The predicted octanol–water partition coefficient (Wildman–Crippen LogP) is 4.40. The van der Waals surface area contributed by atoms with Crippen LogP contribution in [0.5, 0.6) is 5.75 Å². The molecule has 8 heteroatoms. The van der Waals surface area contributed by atoms with E-state index in [4.69, 9.17) is 14.2 Å². The predicted molar refractivity (Wildman–Crippen MR) is 139 cm³/mol. The molecule has 1 heterocycles. The van der Waals surface area contributed by atoms with Gasteiger partial charge in [0.15, 0.2) is 12.1 Å². The normalized spacial score (nSPS) is 17.4. The van der Waals surface area contributed by atoms with Crippen molar-refractivity contribution in [2.75, 3.05) is 38.7 Å². The van der Waals surface area contributed by atoms with Crippen molar-refractivity contribution in [2.45, 2.75) is 58.1 Å². The second-order valence-corrected chi connectivity index (χ2v) is 10.0. The zero-order valence-electron chi connectivity index (χ0n) is 22.0. The molecule has 8 nitrogen and oxygen atoms in total. The number of anilines is 1. The van der Waals surface area contributed by atoms with Gasteiger partial charge in [-0.3, -0.25) is 4.79 Å². The van der Waals surface area contributed by atoms with Crippen LogP contribution in [0.4, 0.5) is 5.69 Å². The summed E-state index contributed by atoms with van der Waals surface area (Å²) in [4.78, 5) is 39.8. The highest BCUT2D eigenvalue weighted by molar-refractivity contribution is 6.05. The van der Waals surface area contributed by atoms with Gasteiger partial charge in [-0.25, -0.2) is 9.59 Å². The fourth-order valence-corrected chi connectivity index (χ4v) is 5.78. The first-order valence-corrected chi connectivity index (χ1v) is 13.1. The Morgan fingerprint density at radius 2 is 1.70 bits per heavy atom. The Labute approximate surface area is 218 Å². The zero-order chi connectivity index (χ0) is 26.5. The molecule has 0 bridgehead atoms. The lowest BCUT2D eigenvalue weighted by Crippen LogP contribution is -2.72. The molecule has 0 radical (unpaired) electrons. The fraction of sp³-hybridized carbons (Fsp3) is 0.483. The zero-order valence-corrected chi connectivity index (χ0v) is 22.0. The van der Waals surface area contributed by atoms with E-state index in [2.05, 4.69) is 5.32 Å². The largest absolute Gasteiger partial charge is 0.497 e. The maximum absolute atomic E-state index is 14.0. The van der Waals surface area contributed by atoms with Gasteiger partial charge in [0.2, 0.25) is 0 Å². The Bertz CT molecular complexity index is 1140. The van der Waals surface area contributed by atoms with Crippen LogP contribution in [-0.4, -0.2) is 61.2 Å². The number of quaternary nitrogens is 1. The Morgan fingerprint density at radius 1 is 1.00 bits per heavy atom. The van der Waals surface area contributed by atoms with Gasteiger partial charge < -0.3 is 24.0 Å². The van der Waals surface area contributed by atoms with Crippen LogP contribution >= 0.6 is 0 Å². The average molecular weight is 510 g/mol. The van der Waals surface area contributed by atoms with E-state index >= 15 is 0 Å². The number of carbonyl (C=O) groups excluding carboxylic acids is 3. The van der Waals surface area contributed by atoms with E-state index in [1.54, 1.807) is 19.1 Å². The van der Waals surface area contributed by atoms with E-state index in [-0.39, 0.29) is 37.2 Å². The summed E-state index contributed by atoms with van der Waals surface area (Å²) in [7, 11) is 1.53.